The molecule has 0 bridgehead atoms. The fourth-order valence-corrected chi connectivity index (χ4v) is 2.75. The van der Waals surface area contributed by atoms with Gasteiger partial charge in [-0.1, -0.05) is 0 Å². The van der Waals surface area contributed by atoms with Crippen LogP contribution in [0.5, 0.6) is 17.4 Å². The van der Waals surface area contributed by atoms with Crippen molar-refractivity contribution in [2.75, 3.05) is 12.8 Å². The lowest BCUT2D eigenvalue weighted by Crippen LogP contribution is -2.13. The van der Waals surface area contributed by atoms with Gasteiger partial charge in [-0.2, -0.15) is 8.42 Å². The highest BCUT2D eigenvalue weighted by atomic mass is 32.3. The summed E-state index contributed by atoms with van der Waals surface area (Å²) in [7, 11) is -3.56. The minimum absolute atomic E-state index is 0.0516. The molecule has 4 N–H and O–H groups in total. The van der Waals surface area contributed by atoms with Gasteiger partial charge in [-0.15, -0.1) is 0 Å². The molecule has 2 aromatic carbocycles. The molecule has 0 aliphatic carbocycles. The Labute approximate surface area is 147 Å². The first-order valence-electron chi connectivity index (χ1n) is 7.10. The number of nitrogen functional groups attached to an aromatic ring is 1. The average molecular weight is 379 g/mol. The molecule has 1 aromatic heterocycles. The van der Waals surface area contributed by atoms with Crippen molar-refractivity contribution >= 4 is 27.1 Å². The molecule has 0 radical (unpaired) electrons. The first kappa shape index (κ1) is 17.6. The summed E-state index contributed by atoms with van der Waals surface area (Å²) >= 11 is 0. The second kappa shape index (κ2) is 6.24. The molecule has 3 aromatic rings. The number of methoxy groups -OCH3 is 1. The molecule has 0 unspecified atom stereocenters. The van der Waals surface area contributed by atoms with Crippen LogP contribution in [0, 0.1) is 0 Å². The fraction of sp³-hybridized carbons (Fsp3) is 0.0625. The van der Waals surface area contributed by atoms with E-state index in [-0.39, 0.29) is 33.5 Å². The molecule has 0 atom stereocenters. The van der Waals surface area contributed by atoms with Crippen molar-refractivity contribution < 1.29 is 31.4 Å². The molecule has 1 heterocycles. The van der Waals surface area contributed by atoms with Crippen molar-refractivity contribution in [1.82, 2.24) is 0 Å². The Morgan fingerprint density at radius 2 is 1.88 bits per heavy atom. The molecule has 0 aliphatic heterocycles. The van der Waals surface area contributed by atoms with Crippen molar-refractivity contribution in [3.05, 3.63) is 46.6 Å². The molecule has 0 fully saturated rings. The highest BCUT2D eigenvalue weighted by Crippen LogP contribution is 2.36. The molecular formula is C16H13NO8S. The van der Waals surface area contributed by atoms with E-state index in [1.807, 2.05) is 0 Å². The number of fused-ring (bicyclic) bond motifs is 1. The smallest absolute Gasteiger partial charge is 0.449 e. The van der Waals surface area contributed by atoms with E-state index < -0.39 is 21.8 Å². The largest absolute Gasteiger partial charge is 0.508 e. The number of hydrogen-bond donors (Lipinski definition) is 3. The molecule has 0 amide bonds. The molecule has 136 valence electrons. The monoisotopic (exact) mass is 379 g/mol. The van der Waals surface area contributed by atoms with E-state index in [0.29, 0.717) is 5.75 Å². The summed E-state index contributed by atoms with van der Waals surface area (Å²) < 4.78 is 46.1. The van der Waals surface area contributed by atoms with Crippen LogP contribution >= 0.6 is 0 Å². The Balaban J connectivity index is 2.38. The fourth-order valence-electron chi connectivity index (χ4n) is 2.44. The zero-order chi connectivity index (χ0) is 19.1. The number of aromatic hydroxyl groups is 1. The Bertz CT molecular complexity index is 1170. The number of ether oxygens (including phenoxy) is 1. The quantitative estimate of drug-likeness (QED) is 0.456. The summed E-state index contributed by atoms with van der Waals surface area (Å²) in [5, 5.41) is 9.58. The third-order valence-electron chi connectivity index (χ3n) is 3.55. The number of rotatable bonds is 4. The van der Waals surface area contributed by atoms with Gasteiger partial charge in [-0.3, -0.25) is 9.35 Å². The molecule has 0 aliphatic rings. The Morgan fingerprint density at radius 3 is 2.50 bits per heavy atom. The summed E-state index contributed by atoms with van der Waals surface area (Å²) in [6.45, 7) is 0. The molecular weight excluding hydrogens is 366 g/mol. The van der Waals surface area contributed by atoms with Crippen molar-refractivity contribution in [2.24, 2.45) is 0 Å². The van der Waals surface area contributed by atoms with Crippen LogP contribution in [0.2, 0.25) is 0 Å². The highest BCUT2D eigenvalue weighted by molar-refractivity contribution is 7.81. The first-order valence-corrected chi connectivity index (χ1v) is 8.46. The van der Waals surface area contributed by atoms with Gasteiger partial charge in [0.05, 0.1) is 12.5 Å². The standard InChI is InChI=1S/C16H13NO8S/c1-23-9-3-5-10(12(17)7-9)14-15(19)11-4-2-8(18)6-13(11)24-16(14)25-26(20,21)22/h2-7,18H,17H2,1H3,(H,20,21,22). The molecule has 0 spiro atoms. The van der Waals surface area contributed by atoms with Gasteiger partial charge in [0.15, 0.2) is 0 Å². The van der Waals surface area contributed by atoms with Crippen LogP contribution in [0.15, 0.2) is 45.6 Å². The third kappa shape index (κ3) is 3.27. The maximum absolute atomic E-state index is 12.9. The van der Waals surface area contributed by atoms with Crippen molar-refractivity contribution in [3.63, 3.8) is 0 Å². The van der Waals surface area contributed by atoms with E-state index >= 15 is 0 Å². The van der Waals surface area contributed by atoms with Crippen LogP contribution < -0.4 is 20.1 Å². The molecule has 10 heteroatoms. The number of nitrogens with two attached hydrogens (primary N) is 1. The average Bonchev–Trinajstić information content (AvgIpc) is 2.54. The molecule has 9 nitrogen and oxygen atoms in total. The van der Waals surface area contributed by atoms with Gasteiger partial charge in [-0.05, 0) is 24.3 Å². The summed E-state index contributed by atoms with van der Waals surface area (Å²) in [6, 6.07) is 8.02. The third-order valence-corrected chi connectivity index (χ3v) is 3.91. The van der Waals surface area contributed by atoms with Crippen LogP contribution in [0.4, 0.5) is 5.69 Å². The summed E-state index contributed by atoms with van der Waals surface area (Å²) in [6.07, 6.45) is 0. The zero-order valence-electron chi connectivity index (χ0n) is 13.3. The zero-order valence-corrected chi connectivity index (χ0v) is 14.1. The van der Waals surface area contributed by atoms with E-state index in [0.717, 1.165) is 6.07 Å². The number of phenols is 1. The molecule has 0 saturated heterocycles. The Morgan fingerprint density at radius 1 is 1.15 bits per heavy atom. The highest BCUT2D eigenvalue weighted by Gasteiger charge is 2.23. The predicted octanol–water partition coefficient (Wildman–Crippen LogP) is 1.94. The summed E-state index contributed by atoms with van der Waals surface area (Å²) in [5.74, 6) is -0.582. The molecule has 0 saturated carbocycles. The first-order chi connectivity index (χ1) is 12.2. The second-order valence-corrected chi connectivity index (χ2v) is 6.26. The van der Waals surface area contributed by atoms with E-state index in [4.69, 9.17) is 19.4 Å². The van der Waals surface area contributed by atoms with E-state index in [2.05, 4.69) is 4.18 Å². The second-order valence-electron chi connectivity index (χ2n) is 5.24. The van der Waals surface area contributed by atoms with Crippen LogP contribution in [-0.2, 0) is 10.4 Å². The SMILES string of the molecule is COc1ccc(-c2c(OS(=O)(=O)O)oc3cc(O)ccc3c2=O)c(N)c1. The maximum atomic E-state index is 12.9. The molecule has 26 heavy (non-hydrogen) atoms. The summed E-state index contributed by atoms with van der Waals surface area (Å²) in [5.41, 5.74) is 5.04. The van der Waals surface area contributed by atoms with Crippen LogP contribution in [0.25, 0.3) is 22.1 Å². The lowest BCUT2D eigenvalue weighted by atomic mass is 10.0. The number of hydrogen-bond acceptors (Lipinski definition) is 8. The normalized spacial score (nSPS) is 11.5. The van der Waals surface area contributed by atoms with Gasteiger partial charge in [0.25, 0.3) is 0 Å². The van der Waals surface area contributed by atoms with Crippen LogP contribution in [0.1, 0.15) is 0 Å². The Hall–Kier alpha value is -3.24. The maximum Gasteiger partial charge on any atom is 0.449 e. The van der Waals surface area contributed by atoms with E-state index in [9.17, 15) is 18.3 Å². The van der Waals surface area contributed by atoms with Crippen molar-refractivity contribution in [1.29, 1.82) is 0 Å². The van der Waals surface area contributed by atoms with Gasteiger partial charge >= 0.3 is 16.3 Å². The predicted molar refractivity (Wildman–Crippen MR) is 92.7 cm³/mol. The number of phenolic OH excluding ortho intramolecular Hbond substituents is 1. The van der Waals surface area contributed by atoms with Gasteiger partial charge in [0.2, 0.25) is 5.43 Å². The van der Waals surface area contributed by atoms with Gasteiger partial charge < -0.3 is 24.2 Å². The van der Waals surface area contributed by atoms with Crippen LogP contribution in [0.3, 0.4) is 0 Å². The minimum atomic E-state index is -4.99. The lowest BCUT2D eigenvalue weighted by Gasteiger charge is -2.12. The minimum Gasteiger partial charge on any atom is -0.508 e. The van der Waals surface area contributed by atoms with Crippen molar-refractivity contribution in [2.45, 2.75) is 0 Å². The van der Waals surface area contributed by atoms with Crippen molar-refractivity contribution in [3.8, 4) is 28.6 Å². The molecule has 3 rings (SSSR count). The van der Waals surface area contributed by atoms with Gasteiger partial charge in [-0.25, -0.2) is 0 Å². The number of benzene rings is 2. The number of anilines is 1. The van der Waals surface area contributed by atoms with E-state index in [1.165, 1.54) is 37.4 Å². The van der Waals surface area contributed by atoms with E-state index in [1.54, 1.807) is 0 Å². The van der Waals surface area contributed by atoms with Crippen LogP contribution in [-0.4, -0.2) is 25.2 Å². The van der Waals surface area contributed by atoms with Gasteiger partial charge in [0.1, 0.15) is 22.6 Å². The lowest BCUT2D eigenvalue weighted by molar-refractivity contribution is 0.338. The Kier molecular flexibility index (Phi) is 4.22. The van der Waals surface area contributed by atoms with Gasteiger partial charge in [0, 0.05) is 23.4 Å². The summed E-state index contributed by atoms with van der Waals surface area (Å²) in [4.78, 5) is 12.9. The topological polar surface area (TPSA) is 149 Å².